The fourth-order valence-electron chi connectivity index (χ4n) is 3.53. The summed E-state index contributed by atoms with van der Waals surface area (Å²) in [5.74, 6) is 1.13. The van der Waals surface area contributed by atoms with Crippen LogP contribution in [-0.4, -0.2) is 66.3 Å². The number of hydrogen-bond donors (Lipinski definition) is 2. The summed E-state index contributed by atoms with van der Waals surface area (Å²) in [6.07, 6.45) is 1.66. The minimum Gasteiger partial charge on any atom is -0.495 e. The summed E-state index contributed by atoms with van der Waals surface area (Å²) in [5, 5.41) is 10.5. The molecule has 1 aromatic heterocycles. The molecule has 174 valence electrons. The lowest BCUT2D eigenvalue weighted by Gasteiger charge is -2.18. The third-order valence-corrected chi connectivity index (χ3v) is 8.01. The summed E-state index contributed by atoms with van der Waals surface area (Å²) >= 11 is 1.41. The van der Waals surface area contributed by atoms with Crippen LogP contribution in [0.5, 0.6) is 5.75 Å². The number of carbonyl (C=O) groups excluding carboxylic acids is 1. The first-order chi connectivity index (χ1) is 16.0. The summed E-state index contributed by atoms with van der Waals surface area (Å²) in [5.41, 5.74) is 1.21. The van der Waals surface area contributed by atoms with Gasteiger partial charge in [0.15, 0.2) is 5.82 Å². The van der Waals surface area contributed by atoms with Crippen LogP contribution in [-0.2, 0) is 10.0 Å². The van der Waals surface area contributed by atoms with Crippen LogP contribution >= 0.6 is 11.8 Å². The zero-order chi connectivity index (χ0) is 23.3. The molecular formula is C22H25N5O4S2. The maximum absolute atomic E-state index is 13.0. The van der Waals surface area contributed by atoms with Crippen molar-refractivity contribution in [2.75, 3.05) is 32.5 Å². The number of thioether (sulfide) groups is 1. The van der Waals surface area contributed by atoms with Crippen molar-refractivity contribution in [3.05, 3.63) is 54.1 Å². The number of methoxy groups -OCH3 is 1. The number of nitrogens with zero attached hydrogens (tertiary/aromatic N) is 3. The van der Waals surface area contributed by atoms with Crippen LogP contribution in [0.4, 0.5) is 0 Å². The van der Waals surface area contributed by atoms with Crippen LogP contribution in [0.15, 0.2) is 58.6 Å². The molecule has 3 aromatic rings. The topological polar surface area (TPSA) is 117 Å². The van der Waals surface area contributed by atoms with Crippen molar-refractivity contribution in [2.45, 2.75) is 22.9 Å². The van der Waals surface area contributed by atoms with Crippen molar-refractivity contribution in [1.82, 2.24) is 24.8 Å². The predicted molar refractivity (Wildman–Crippen MR) is 126 cm³/mol. The van der Waals surface area contributed by atoms with E-state index >= 15 is 0 Å². The van der Waals surface area contributed by atoms with Crippen LogP contribution in [0.3, 0.4) is 0 Å². The lowest BCUT2D eigenvalue weighted by Crippen LogP contribution is -2.29. The Hall–Kier alpha value is -2.89. The second-order valence-corrected chi connectivity index (χ2v) is 10.4. The van der Waals surface area contributed by atoms with Gasteiger partial charge in [0.2, 0.25) is 15.2 Å². The van der Waals surface area contributed by atoms with Crippen LogP contribution in [0, 0.1) is 0 Å². The fourth-order valence-corrected chi connectivity index (χ4v) is 5.88. The zero-order valence-corrected chi connectivity index (χ0v) is 19.8. The molecule has 1 fully saturated rings. The number of carbonyl (C=O) groups is 1. The Bertz CT molecular complexity index is 1210. The molecule has 4 rings (SSSR count). The molecule has 2 aromatic carbocycles. The first-order valence-electron chi connectivity index (χ1n) is 10.6. The standard InChI is InChI=1S/C22H25N5O4S2/c1-31-18-10-9-17(15-19(18)33(29,30)27-12-5-6-13-27)21(28)23-11-14-32-22-24-20(25-26-22)16-7-3-2-4-8-16/h2-4,7-10,15H,5-6,11-14H2,1H3,(H,23,28)(H,24,25,26). The molecule has 0 atom stereocenters. The molecule has 0 unspecified atom stereocenters. The van der Waals surface area contributed by atoms with E-state index < -0.39 is 10.0 Å². The molecule has 0 saturated carbocycles. The lowest BCUT2D eigenvalue weighted by molar-refractivity contribution is 0.0956. The zero-order valence-electron chi connectivity index (χ0n) is 18.2. The molecule has 0 spiro atoms. The highest BCUT2D eigenvalue weighted by Crippen LogP contribution is 2.30. The molecule has 2 N–H and O–H groups in total. The average molecular weight is 488 g/mol. The van der Waals surface area contributed by atoms with E-state index in [1.165, 1.54) is 35.3 Å². The number of benzene rings is 2. The number of ether oxygens (including phenoxy) is 1. The van der Waals surface area contributed by atoms with E-state index in [2.05, 4.69) is 20.5 Å². The number of amides is 1. The number of sulfonamides is 1. The molecule has 0 radical (unpaired) electrons. The smallest absolute Gasteiger partial charge is 0.251 e. The van der Waals surface area contributed by atoms with Crippen molar-refractivity contribution in [3.8, 4) is 17.1 Å². The number of aromatic nitrogens is 3. The molecule has 0 aliphatic carbocycles. The minimum atomic E-state index is -3.72. The Morgan fingerprint density at radius 2 is 1.94 bits per heavy atom. The molecule has 1 aliphatic heterocycles. The van der Waals surface area contributed by atoms with Gasteiger partial charge in [0.1, 0.15) is 10.6 Å². The third kappa shape index (κ3) is 5.37. The Labute approximate surface area is 197 Å². The van der Waals surface area contributed by atoms with Crippen LogP contribution in [0.25, 0.3) is 11.4 Å². The monoisotopic (exact) mass is 487 g/mol. The Morgan fingerprint density at radius 1 is 1.18 bits per heavy atom. The van der Waals surface area contributed by atoms with Gasteiger partial charge in [-0.25, -0.2) is 13.4 Å². The van der Waals surface area contributed by atoms with Crippen LogP contribution in [0.2, 0.25) is 0 Å². The second-order valence-electron chi connectivity index (χ2n) is 7.41. The molecule has 33 heavy (non-hydrogen) atoms. The van der Waals surface area contributed by atoms with Crippen LogP contribution < -0.4 is 10.1 Å². The van der Waals surface area contributed by atoms with Crippen molar-refractivity contribution < 1.29 is 17.9 Å². The first kappa shape index (κ1) is 23.3. The maximum Gasteiger partial charge on any atom is 0.251 e. The lowest BCUT2D eigenvalue weighted by atomic mass is 10.2. The number of hydrogen-bond acceptors (Lipinski definition) is 7. The predicted octanol–water partition coefficient (Wildman–Crippen LogP) is 2.79. The van der Waals surface area contributed by atoms with Gasteiger partial charge in [-0.3, -0.25) is 9.89 Å². The number of nitrogens with one attached hydrogen (secondary N) is 2. The summed E-state index contributed by atoms with van der Waals surface area (Å²) in [6.45, 7) is 1.33. The summed E-state index contributed by atoms with van der Waals surface area (Å²) in [6, 6.07) is 14.2. The second kappa shape index (κ2) is 10.4. The summed E-state index contributed by atoms with van der Waals surface area (Å²) in [7, 11) is -2.30. The van der Waals surface area contributed by atoms with Crippen LogP contribution in [0.1, 0.15) is 23.2 Å². The van der Waals surface area contributed by atoms with E-state index in [1.54, 1.807) is 6.07 Å². The van der Waals surface area contributed by atoms with E-state index in [0.29, 0.717) is 36.4 Å². The van der Waals surface area contributed by atoms with Gasteiger partial charge >= 0.3 is 0 Å². The van der Waals surface area contributed by atoms with Gasteiger partial charge in [-0.1, -0.05) is 42.1 Å². The Kier molecular flexibility index (Phi) is 7.31. The molecule has 0 bridgehead atoms. The SMILES string of the molecule is COc1ccc(C(=O)NCCSc2n[nH]c(-c3ccccc3)n2)cc1S(=O)(=O)N1CCCC1. The number of rotatable bonds is 9. The maximum atomic E-state index is 13.0. The molecule has 1 aliphatic rings. The Morgan fingerprint density at radius 3 is 2.67 bits per heavy atom. The molecule has 1 saturated heterocycles. The van der Waals surface area contributed by atoms with E-state index in [9.17, 15) is 13.2 Å². The molecule has 1 amide bonds. The molecule has 2 heterocycles. The summed E-state index contributed by atoms with van der Waals surface area (Å²) in [4.78, 5) is 17.1. The number of aromatic amines is 1. The highest BCUT2D eigenvalue weighted by atomic mass is 32.2. The normalized spacial score (nSPS) is 14.3. The minimum absolute atomic E-state index is 0.0167. The highest BCUT2D eigenvalue weighted by molar-refractivity contribution is 7.99. The van der Waals surface area contributed by atoms with Crippen molar-refractivity contribution in [3.63, 3.8) is 0 Å². The molecule has 11 heteroatoms. The van der Waals surface area contributed by atoms with Gasteiger partial charge in [-0.2, -0.15) is 4.31 Å². The molecular weight excluding hydrogens is 462 g/mol. The van der Waals surface area contributed by atoms with Gasteiger partial charge in [-0.05, 0) is 31.0 Å². The summed E-state index contributed by atoms with van der Waals surface area (Å²) < 4.78 is 32.7. The van der Waals surface area contributed by atoms with Gasteiger partial charge in [0.05, 0.1) is 7.11 Å². The van der Waals surface area contributed by atoms with Crippen molar-refractivity contribution in [1.29, 1.82) is 0 Å². The highest BCUT2D eigenvalue weighted by Gasteiger charge is 2.30. The van der Waals surface area contributed by atoms with Gasteiger partial charge in [0, 0.05) is 36.5 Å². The quantitative estimate of drug-likeness (QED) is 0.352. The van der Waals surface area contributed by atoms with E-state index in [4.69, 9.17) is 4.74 Å². The Balaban J connectivity index is 1.35. The first-order valence-corrected chi connectivity index (χ1v) is 13.0. The van der Waals surface area contributed by atoms with E-state index in [-0.39, 0.29) is 22.1 Å². The largest absolute Gasteiger partial charge is 0.495 e. The van der Waals surface area contributed by atoms with E-state index in [1.807, 2.05) is 30.3 Å². The fraction of sp³-hybridized carbons (Fsp3) is 0.318. The third-order valence-electron chi connectivity index (χ3n) is 5.24. The van der Waals surface area contributed by atoms with Gasteiger partial charge in [-0.15, -0.1) is 5.10 Å². The number of H-pyrrole nitrogens is 1. The average Bonchev–Trinajstić information content (AvgIpc) is 3.55. The van der Waals surface area contributed by atoms with Crippen molar-refractivity contribution >= 4 is 27.7 Å². The van der Waals surface area contributed by atoms with Crippen molar-refractivity contribution in [2.24, 2.45) is 0 Å². The molecule has 9 nitrogen and oxygen atoms in total. The van der Waals surface area contributed by atoms with Gasteiger partial charge < -0.3 is 10.1 Å². The van der Waals surface area contributed by atoms with E-state index in [0.717, 1.165) is 18.4 Å². The van der Waals surface area contributed by atoms with Gasteiger partial charge in [0.25, 0.3) is 5.91 Å².